The van der Waals surface area contributed by atoms with Gasteiger partial charge in [0.15, 0.2) is 11.5 Å². The molecule has 8 nitrogen and oxygen atoms in total. The van der Waals surface area contributed by atoms with Gasteiger partial charge in [0, 0.05) is 29.3 Å². The van der Waals surface area contributed by atoms with Crippen molar-refractivity contribution in [2.45, 2.75) is 47.6 Å². The van der Waals surface area contributed by atoms with Crippen molar-refractivity contribution in [3.63, 3.8) is 0 Å². The molecule has 0 radical (unpaired) electrons. The van der Waals surface area contributed by atoms with Crippen LogP contribution in [0.25, 0.3) is 28.0 Å². The van der Waals surface area contributed by atoms with Gasteiger partial charge in [-0.1, -0.05) is 36.3 Å². The lowest BCUT2D eigenvalue weighted by atomic mass is 9.88. The number of rotatable bonds is 3. The summed E-state index contributed by atoms with van der Waals surface area (Å²) in [6.07, 6.45) is 0.765. The molecule has 0 spiro atoms. The molecule has 1 aliphatic heterocycles. The van der Waals surface area contributed by atoms with Crippen LogP contribution < -0.4 is 10.5 Å². The average molecular weight is 494 g/mol. The first-order chi connectivity index (χ1) is 17.9. The van der Waals surface area contributed by atoms with Gasteiger partial charge in [0.25, 0.3) is 0 Å². The lowest BCUT2D eigenvalue weighted by Gasteiger charge is -2.18. The van der Waals surface area contributed by atoms with E-state index in [2.05, 4.69) is 65.8 Å². The Labute approximate surface area is 213 Å². The van der Waals surface area contributed by atoms with Crippen LogP contribution >= 0.6 is 0 Å². The van der Waals surface area contributed by atoms with E-state index in [1.165, 1.54) is 0 Å². The summed E-state index contributed by atoms with van der Waals surface area (Å²) < 4.78 is 13.4. The van der Waals surface area contributed by atoms with Crippen molar-refractivity contribution in [1.29, 1.82) is 0 Å². The second kappa shape index (κ2) is 8.58. The third-order valence-electron chi connectivity index (χ3n) is 6.95. The molecule has 4 heterocycles. The topological polar surface area (TPSA) is 98.8 Å². The molecule has 1 aliphatic rings. The van der Waals surface area contributed by atoms with Crippen LogP contribution in [0.4, 0.5) is 0 Å². The standard InChI is InChI=1S/C29H27N5O3/c1-6-23-31-26-16(3)11-17(4)30-28(26)34(23)20-12-15(2)24-22(13-20)36-14-19-9-7-8-10-21(19)25(24)18(5)27-32-29(35)37-33-27/h7-13H,6,14H2,1-5H3,(H,32,33,35)/b25-18-. The number of hydrogen-bond donors (Lipinski definition) is 1. The Morgan fingerprint density at radius 3 is 2.65 bits per heavy atom. The van der Waals surface area contributed by atoms with Gasteiger partial charge in [0.2, 0.25) is 0 Å². The summed E-state index contributed by atoms with van der Waals surface area (Å²) in [7, 11) is 0. The number of H-pyrrole nitrogens is 1. The quantitative estimate of drug-likeness (QED) is 0.359. The molecule has 0 unspecified atom stereocenters. The fraction of sp³-hybridized carbons (Fsp3) is 0.241. The number of aromatic nitrogens is 5. The Morgan fingerprint density at radius 1 is 1.08 bits per heavy atom. The first kappa shape index (κ1) is 23.0. The third kappa shape index (κ3) is 3.67. The van der Waals surface area contributed by atoms with E-state index >= 15 is 0 Å². The van der Waals surface area contributed by atoms with E-state index < -0.39 is 5.76 Å². The second-order valence-corrected chi connectivity index (χ2v) is 9.50. The predicted molar refractivity (Wildman–Crippen MR) is 142 cm³/mol. The van der Waals surface area contributed by atoms with Gasteiger partial charge < -0.3 is 4.74 Å². The molecule has 0 saturated heterocycles. The van der Waals surface area contributed by atoms with E-state index in [-0.39, 0.29) is 0 Å². The van der Waals surface area contributed by atoms with Gasteiger partial charge in [-0.25, -0.2) is 14.8 Å². The molecule has 0 saturated carbocycles. The smallest absolute Gasteiger partial charge is 0.439 e. The zero-order valence-electron chi connectivity index (χ0n) is 21.5. The Balaban J connectivity index is 1.64. The fourth-order valence-electron chi connectivity index (χ4n) is 5.29. The number of ether oxygens (including phenoxy) is 1. The van der Waals surface area contributed by atoms with E-state index in [4.69, 9.17) is 19.2 Å². The second-order valence-electron chi connectivity index (χ2n) is 9.50. The highest BCUT2D eigenvalue weighted by Crippen LogP contribution is 2.43. The number of fused-ring (bicyclic) bond motifs is 3. The van der Waals surface area contributed by atoms with Gasteiger partial charge in [-0.3, -0.25) is 14.1 Å². The molecule has 3 aromatic heterocycles. The molecule has 0 atom stereocenters. The summed E-state index contributed by atoms with van der Waals surface area (Å²) in [4.78, 5) is 24.2. The normalized spacial score (nSPS) is 14.2. The van der Waals surface area contributed by atoms with Crippen LogP contribution in [0.2, 0.25) is 0 Å². The van der Waals surface area contributed by atoms with Gasteiger partial charge >= 0.3 is 5.76 Å². The summed E-state index contributed by atoms with van der Waals surface area (Å²) in [6.45, 7) is 10.6. The Bertz CT molecular complexity index is 1790. The molecule has 0 fully saturated rings. The minimum atomic E-state index is -0.586. The van der Waals surface area contributed by atoms with Gasteiger partial charge in [0.05, 0.1) is 5.69 Å². The summed E-state index contributed by atoms with van der Waals surface area (Å²) in [6, 6.07) is 14.4. The number of allylic oxidation sites excluding steroid dienone is 1. The van der Waals surface area contributed by atoms with Crippen molar-refractivity contribution in [2.24, 2.45) is 0 Å². The number of nitrogens with zero attached hydrogens (tertiary/aromatic N) is 4. The molecule has 0 aliphatic carbocycles. The number of aryl methyl sites for hydroxylation is 4. The third-order valence-corrected chi connectivity index (χ3v) is 6.95. The molecule has 5 aromatic rings. The number of pyridine rings is 1. The summed E-state index contributed by atoms with van der Waals surface area (Å²) in [5.41, 5.74) is 10.6. The molecule has 37 heavy (non-hydrogen) atoms. The zero-order chi connectivity index (χ0) is 25.8. The summed E-state index contributed by atoms with van der Waals surface area (Å²) in [5, 5.41) is 3.97. The van der Waals surface area contributed by atoms with Crippen LogP contribution in [0.5, 0.6) is 5.75 Å². The first-order valence-corrected chi connectivity index (χ1v) is 12.3. The average Bonchev–Trinajstić information content (AvgIpc) is 3.43. The van der Waals surface area contributed by atoms with Gasteiger partial charge in [0.1, 0.15) is 23.7 Å². The van der Waals surface area contributed by atoms with Crippen molar-refractivity contribution in [1.82, 2.24) is 24.7 Å². The predicted octanol–water partition coefficient (Wildman–Crippen LogP) is 5.46. The molecule has 1 N–H and O–H groups in total. The Kier molecular flexibility index (Phi) is 5.33. The molecular formula is C29H27N5O3. The van der Waals surface area contributed by atoms with Crippen molar-refractivity contribution in [3.8, 4) is 11.4 Å². The number of hydrogen-bond acceptors (Lipinski definition) is 6. The molecular weight excluding hydrogens is 466 g/mol. The van der Waals surface area contributed by atoms with Crippen LogP contribution in [0.3, 0.4) is 0 Å². The van der Waals surface area contributed by atoms with Gasteiger partial charge in [-0.05, 0) is 67.7 Å². The highest BCUT2D eigenvalue weighted by Gasteiger charge is 2.26. The number of nitrogens with one attached hydrogen (secondary N) is 1. The van der Waals surface area contributed by atoms with Crippen molar-refractivity contribution in [3.05, 3.63) is 98.2 Å². The first-order valence-electron chi connectivity index (χ1n) is 12.3. The zero-order valence-corrected chi connectivity index (χ0v) is 21.5. The highest BCUT2D eigenvalue weighted by molar-refractivity contribution is 6.00. The molecule has 6 rings (SSSR count). The monoisotopic (exact) mass is 493 g/mol. The molecule has 0 bridgehead atoms. The van der Waals surface area contributed by atoms with Crippen molar-refractivity contribution < 1.29 is 9.26 Å². The highest BCUT2D eigenvalue weighted by atomic mass is 16.5. The van der Waals surface area contributed by atoms with Crippen LogP contribution in [-0.2, 0) is 13.0 Å². The van der Waals surface area contributed by atoms with E-state index in [1.807, 2.05) is 26.0 Å². The van der Waals surface area contributed by atoms with Crippen molar-refractivity contribution in [2.75, 3.05) is 0 Å². The van der Waals surface area contributed by atoms with Crippen LogP contribution in [-0.4, -0.2) is 24.7 Å². The van der Waals surface area contributed by atoms with E-state index in [9.17, 15) is 4.79 Å². The number of aromatic amines is 1. The minimum Gasteiger partial charge on any atom is -0.488 e. The Morgan fingerprint density at radius 2 is 1.89 bits per heavy atom. The van der Waals surface area contributed by atoms with Crippen LogP contribution in [0.15, 0.2) is 51.8 Å². The van der Waals surface area contributed by atoms with Crippen molar-refractivity contribution >= 4 is 22.3 Å². The Hall–Kier alpha value is -4.46. The fourth-order valence-corrected chi connectivity index (χ4v) is 5.29. The lowest BCUT2D eigenvalue weighted by Crippen LogP contribution is -2.05. The van der Waals surface area contributed by atoms with E-state index in [1.54, 1.807) is 0 Å². The molecule has 8 heteroatoms. The van der Waals surface area contributed by atoms with Crippen LogP contribution in [0.1, 0.15) is 59.0 Å². The minimum absolute atomic E-state index is 0.398. The maximum atomic E-state index is 11.7. The van der Waals surface area contributed by atoms with Gasteiger partial charge in [-0.2, -0.15) is 0 Å². The number of benzene rings is 2. The summed E-state index contributed by atoms with van der Waals surface area (Å²) in [5.74, 6) is 1.51. The van der Waals surface area contributed by atoms with Crippen LogP contribution in [0, 0.1) is 20.8 Å². The molecule has 0 amide bonds. The van der Waals surface area contributed by atoms with Gasteiger partial charge in [-0.15, -0.1) is 0 Å². The lowest BCUT2D eigenvalue weighted by molar-refractivity contribution is 0.307. The van der Waals surface area contributed by atoms with E-state index in [0.29, 0.717) is 12.4 Å². The largest absolute Gasteiger partial charge is 0.488 e. The maximum absolute atomic E-state index is 11.7. The molecule has 2 aromatic carbocycles. The number of imidazole rings is 1. The SMILES string of the molecule is CCc1nc2c(C)cc(C)nc2n1-c1cc(C)c2c(c1)OCc1ccccc1/C2=C(\C)c1noc(=O)[nH]1. The molecule has 186 valence electrons. The van der Waals surface area contributed by atoms with E-state index in [0.717, 1.165) is 79.5 Å². The summed E-state index contributed by atoms with van der Waals surface area (Å²) >= 11 is 0. The maximum Gasteiger partial charge on any atom is 0.439 e.